The fourth-order valence-corrected chi connectivity index (χ4v) is 8.41. The lowest BCUT2D eigenvalue weighted by Gasteiger charge is -2.16. The molecule has 0 fully saturated rings. The van der Waals surface area contributed by atoms with Gasteiger partial charge in [0, 0.05) is 37.9 Å². The second-order valence-corrected chi connectivity index (χ2v) is 17.6. The van der Waals surface area contributed by atoms with Gasteiger partial charge in [-0.2, -0.15) is 0 Å². The van der Waals surface area contributed by atoms with Gasteiger partial charge < -0.3 is 13.4 Å². The highest BCUT2D eigenvalue weighted by atomic mass is 28.3. The lowest BCUT2D eigenvalue weighted by molar-refractivity contribution is 0.668. The van der Waals surface area contributed by atoms with Crippen LogP contribution in [0.25, 0.3) is 82.5 Å². The van der Waals surface area contributed by atoms with Crippen LogP contribution in [0, 0.1) is 0 Å². The van der Waals surface area contributed by atoms with Gasteiger partial charge in [-0.15, -0.1) is 0 Å². The van der Waals surface area contributed by atoms with Gasteiger partial charge in [0.05, 0.1) is 24.8 Å². The largest absolute Gasteiger partial charge is 0.455 e. The quantitative estimate of drug-likeness (QED) is 0.198. The summed E-state index contributed by atoms with van der Waals surface area (Å²) in [6.45, 7) is 7.14. The van der Waals surface area contributed by atoms with Crippen molar-refractivity contribution in [3.63, 3.8) is 0 Å². The molecule has 0 saturated heterocycles. The first kappa shape index (κ1) is 24.5. The van der Waals surface area contributed by atoms with E-state index in [1.54, 1.807) is 0 Å². The van der Waals surface area contributed by atoms with Gasteiger partial charge in [0.25, 0.3) is 0 Å². The first-order chi connectivity index (χ1) is 21.0. The first-order valence-corrected chi connectivity index (χ1v) is 18.4. The summed E-state index contributed by atoms with van der Waals surface area (Å²) in [7, 11) is -1.61. The Morgan fingerprint density at radius 1 is 0.488 bits per heavy atom. The molecule has 0 atom stereocenters. The van der Waals surface area contributed by atoms with E-state index >= 15 is 0 Å². The second kappa shape index (κ2) is 8.73. The van der Waals surface area contributed by atoms with E-state index in [4.69, 9.17) is 8.83 Å². The lowest BCUT2D eigenvalue weighted by Crippen LogP contribution is -2.37. The number of aromatic nitrogens is 1. The molecule has 0 aliphatic carbocycles. The molecule has 0 amide bonds. The Morgan fingerprint density at radius 3 is 1.98 bits per heavy atom. The predicted octanol–water partition coefficient (Wildman–Crippen LogP) is 10.8. The molecule has 0 aliphatic heterocycles. The summed E-state index contributed by atoms with van der Waals surface area (Å²) in [4.78, 5) is 0. The third-order valence-corrected chi connectivity index (χ3v) is 11.0. The fraction of sp³-hybridized carbons (Fsp3) is 0.0769. The first-order valence-electron chi connectivity index (χ1n) is 14.9. The highest BCUT2D eigenvalue weighted by molar-refractivity contribution is 6.90. The normalized spacial score (nSPS) is 12.5. The maximum atomic E-state index is 6.83. The van der Waals surface area contributed by atoms with Crippen molar-refractivity contribution in [2.75, 3.05) is 0 Å². The van der Waals surface area contributed by atoms with Crippen molar-refractivity contribution in [2.45, 2.75) is 19.6 Å². The third-order valence-electron chi connectivity index (χ3n) is 8.94. The molecule has 0 radical (unpaired) electrons. The molecule has 3 nitrogen and oxygen atoms in total. The Balaban J connectivity index is 1.32. The van der Waals surface area contributed by atoms with Crippen LogP contribution in [0.2, 0.25) is 19.6 Å². The standard InChI is InChI=1S/C39H29NO2Si/c1-43(2,3)36-20-10-16-30-29-15-9-18-34(38(29)42-39(30)36)40-32-17-6-4-11-26(32)31-23-24(21-22-33(31)40)25-13-8-14-28-27-12-5-7-19-35(27)41-37(25)28/h4-23H,1-3H3. The fourth-order valence-electron chi connectivity index (χ4n) is 6.95. The van der Waals surface area contributed by atoms with E-state index in [0.717, 1.165) is 66.3 Å². The van der Waals surface area contributed by atoms with Gasteiger partial charge >= 0.3 is 0 Å². The molecule has 3 heterocycles. The monoisotopic (exact) mass is 571 g/mol. The molecule has 43 heavy (non-hydrogen) atoms. The summed E-state index contributed by atoms with van der Waals surface area (Å²) in [5, 5.41) is 8.42. The molecular weight excluding hydrogens is 543 g/mol. The van der Waals surface area contributed by atoms with Gasteiger partial charge in [-0.1, -0.05) is 111 Å². The van der Waals surface area contributed by atoms with Crippen molar-refractivity contribution in [3.8, 4) is 16.8 Å². The average Bonchev–Trinajstić information content (AvgIpc) is 3.70. The van der Waals surface area contributed by atoms with Gasteiger partial charge in [0.2, 0.25) is 0 Å². The van der Waals surface area contributed by atoms with Gasteiger partial charge in [-0.3, -0.25) is 0 Å². The van der Waals surface area contributed by atoms with Crippen molar-refractivity contribution in [1.29, 1.82) is 0 Å². The summed E-state index contributed by atoms with van der Waals surface area (Å²) in [6, 6.07) is 43.4. The summed E-state index contributed by atoms with van der Waals surface area (Å²) < 4.78 is 15.6. The highest BCUT2D eigenvalue weighted by Gasteiger charge is 2.24. The van der Waals surface area contributed by atoms with E-state index in [1.165, 1.54) is 21.3 Å². The Labute approximate surface area is 249 Å². The summed E-state index contributed by atoms with van der Waals surface area (Å²) in [5.41, 5.74) is 9.43. The summed E-state index contributed by atoms with van der Waals surface area (Å²) in [6.07, 6.45) is 0. The Hall–Kier alpha value is -5.06. The van der Waals surface area contributed by atoms with Crippen LogP contribution in [-0.2, 0) is 0 Å². The average molecular weight is 572 g/mol. The zero-order valence-corrected chi connectivity index (χ0v) is 25.3. The van der Waals surface area contributed by atoms with Crippen LogP contribution in [0.5, 0.6) is 0 Å². The molecule has 0 saturated carbocycles. The molecule has 0 aliphatic rings. The van der Waals surface area contributed by atoms with Crippen molar-refractivity contribution in [1.82, 2.24) is 4.57 Å². The minimum absolute atomic E-state index is 0.916. The maximum Gasteiger partial charge on any atom is 0.159 e. The molecule has 4 heteroatoms. The van der Waals surface area contributed by atoms with Crippen molar-refractivity contribution >= 4 is 78.9 Å². The molecule has 6 aromatic carbocycles. The molecule has 9 aromatic rings. The number of hydrogen-bond acceptors (Lipinski definition) is 2. The van der Waals surface area contributed by atoms with E-state index in [1.807, 2.05) is 12.1 Å². The number of para-hydroxylation sites is 5. The Kier molecular flexibility index (Phi) is 4.98. The van der Waals surface area contributed by atoms with Crippen molar-refractivity contribution < 1.29 is 8.83 Å². The van der Waals surface area contributed by atoms with E-state index in [0.29, 0.717) is 0 Å². The van der Waals surface area contributed by atoms with Crippen LogP contribution >= 0.6 is 0 Å². The van der Waals surface area contributed by atoms with E-state index in [2.05, 4.69) is 133 Å². The molecule has 3 aromatic heterocycles. The van der Waals surface area contributed by atoms with Crippen LogP contribution in [0.15, 0.2) is 130 Å². The van der Waals surface area contributed by atoms with Crippen molar-refractivity contribution in [2.24, 2.45) is 0 Å². The van der Waals surface area contributed by atoms with Crippen LogP contribution < -0.4 is 5.19 Å². The zero-order valence-electron chi connectivity index (χ0n) is 24.3. The second-order valence-electron chi connectivity index (χ2n) is 12.6. The topological polar surface area (TPSA) is 31.2 Å². The number of fused-ring (bicyclic) bond motifs is 9. The van der Waals surface area contributed by atoms with Gasteiger partial charge in [0.15, 0.2) is 5.58 Å². The summed E-state index contributed by atoms with van der Waals surface area (Å²) >= 11 is 0. The molecule has 0 bridgehead atoms. The Morgan fingerprint density at radius 2 is 1.14 bits per heavy atom. The maximum absolute atomic E-state index is 6.83. The van der Waals surface area contributed by atoms with Gasteiger partial charge in [0.1, 0.15) is 16.7 Å². The van der Waals surface area contributed by atoms with Crippen LogP contribution in [0.3, 0.4) is 0 Å². The zero-order chi connectivity index (χ0) is 28.9. The SMILES string of the molecule is C[Si](C)(C)c1cccc2c1oc1c(-n3c4ccccc4c4cc(-c5cccc6c5oc5ccccc56)ccc43)cccc12. The molecule has 0 spiro atoms. The van der Waals surface area contributed by atoms with Crippen LogP contribution in [0.4, 0.5) is 0 Å². The minimum Gasteiger partial charge on any atom is -0.455 e. The Bertz CT molecular complexity index is 2560. The minimum atomic E-state index is -1.61. The lowest BCUT2D eigenvalue weighted by atomic mass is 10.0. The smallest absolute Gasteiger partial charge is 0.159 e. The number of hydrogen-bond donors (Lipinski definition) is 0. The number of benzene rings is 6. The molecule has 0 N–H and O–H groups in total. The number of nitrogens with zero attached hydrogens (tertiary/aromatic N) is 1. The molecular formula is C39H29NO2Si. The molecule has 0 unspecified atom stereocenters. The number of rotatable bonds is 3. The highest BCUT2D eigenvalue weighted by Crippen LogP contribution is 2.41. The van der Waals surface area contributed by atoms with E-state index in [-0.39, 0.29) is 0 Å². The van der Waals surface area contributed by atoms with Crippen LogP contribution in [0.1, 0.15) is 0 Å². The van der Waals surface area contributed by atoms with Gasteiger partial charge in [-0.25, -0.2) is 0 Å². The number of furan rings is 2. The van der Waals surface area contributed by atoms with E-state index < -0.39 is 8.07 Å². The third kappa shape index (κ3) is 3.47. The van der Waals surface area contributed by atoms with Gasteiger partial charge in [-0.05, 0) is 41.1 Å². The van der Waals surface area contributed by atoms with Crippen LogP contribution in [-0.4, -0.2) is 12.6 Å². The molecule has 9 rings (SSSR count). The van der Waals surface area contributed by atoms with E-state index in [9.17, 15) is 0 Å². The summed E-state index contributed by atoms with van der Waals surface area (Å²) in [5.74, 6) is 0. The molecule has 206 valence electrons. The van der Waals surface area contributed by atoms with Crippen molar-refractivity contribution in [3.05, 3.63) is 121 Å². The predicted molar refractivity (Wildman–Crippen MR) is 184 cm³/mol.